The van der Waals surface area contributed by atoms with Crippen LogP contribution in [0.4, 0.5) is 0 Å². The van der Waals surface area contributed by atoms with Crippen molar-refractivity contribution in [1.29, 1.82) is 0 Å². The lowest BCUT2D eigenvalue weighted by Crippen LogP contribution is -2.45. The van der Waals surface area contributed by atoms with E-state index in [2.05, 4.69) is 36.4 Å². The zero-order valence-electron chi connectivity index (χ0n) is 15.8. The van der Waals surface area contributed by atoms with Gasteiger partial charge in [-0.2, -0.15) is 0 Å². The minimum absolute atomic E-state index is 0. The molecule has 148 valence electrons. The second kappa shape index (κ2) is 10.9. The molecule has 1 saturated heterocycles. The number of hydrogen-bond donors (Lipinski definition) is 2. The van der Waals surface area contributed by atoms with Crippen molar-refractivity contribution in [2.75, 3.05) is 31.9 Å². The molecule has 0 atom stereocenters. The third kappa shape index (κ3) is 7.21. The molecule has 1 aliphatic carbocycles. The Bertz CT molecular complexity index is 517. The molecule has 2 N–H and O–H groups in total. The molecule has 0 aromatic carbocycles. The summed E-state index contributed by atoms with van der Waals surface area (Å²) in [5, 5.41) is 6.81. The molecule has 0 radical (unpaired) electrons. The molecule has 0 amide bonds. The van der Waals surface area contributed by atoms with Crippen LogP contribution in [0.2, 0.25) is 0 Å². The number of halogens is 1. The molecule has 2 fully saturated rings. The van der Waals surface area contributed by atoms with E-state index in [0.29, 0.717) is 25.7 Å². The molecule has 2 rings (SSSR count). The largest absolute Gasteiger partial charge is 0.357 e. The van der Waals surface area contributed by atoms with Gasteiger partial charge in [0, 0.05) is 25.7 Å². The van der Waals surface area contributed by atoms with Gasteiger partial charge in [0.2, 0.25) is 10.0 Å². The van der Waals surface area contributed by atoms with Crippen molar-refractivity contribution in [1.82, 2.24) is 14.9 Å². The second-order valence-electron chi connectivity index (χ2n) is 7.33. The normalized spacial score (nSPS) is 27.1. The van der Waals surface area contributed by atoms with E-state index in [-0.39, 0.29) is 29.7 Å². The summed E-state index contributed by atoms with van der Waals surface area (Å²) in [6.07, 6.45) is 5.67. The molecular weight excluding hydrogens is 451 g/mol. The Kier molecular flexibility index (Phi) is 10.0. The van der Waals surface area contributed by atoms with Gasteiger partial charge in [0.15, 0.2) is 5.96 Å². The first kappa shape index (κ1) is 23.0. The SMILES string of the molecule is CCNC(=NCCN1CCCS1(=O)=O)NC1CCC(C(C)C)CC1.I. The zero-order chi connectivity index (χ0) is 17.6. The Hall–Kier alpha value is -0.0900. The Balaban J connectivity index is 0.00000312. The Labute approximate surface area is 170 Å². The van der Waals surface area contributed by atoms with Gasteiger partial charge in [0.25, 0.3) is 0 Å². The topological polar surface area (TPSA) is 73.8 Å². The maximum atomic E-state index is 11.8. The summed E-state index contributed by atoms with van der Waals surface area (Å²) in [6.45, 7) is 9.13. The van der Waals surface area contributed by atoms with Crippen LogP contribution < -0.4 is 10.6 Å². The molecule has 25 heavy (non-hydrogen) atoms. The van der Waals surface area contributed by atoms with Crippen molar-refractivity contribution < 1.29 is 8.42 Å². The van der Waals surface area contributed by atoms with E-state index in [1.54, 1.807) is 4.31 Å². The van der Waals surface area contributed by atoms with Crippen LogP contribution in [0, 0.1) is 11.8 Å². The van der Waals surface area contributed by atoms with Gasteiger partial charge in [-0.15, -0.1) is 24.0 Å². The third-order valence-electron chi connectivity index (χ3n) is 5.22. The first-order valence-corrected chi connectivity index (χ1v) is 11.1. The monoisotopic (exact) mass is 486 g/mol. The predicted octanol–water partition coefficient (Wildman–Crippen LogP) is 2.41. The fourth-order valence-electron chi connectivity index (χ4n) is 3.66. The maximum Gasteiger partial charge on any atom is 0.214 e. The van der Waals surface area contributed by atoms with E-state index in [1.807, 2.05) is 0 Å². The minimum Gasteiger partial charge on any atom is -0.357 e. The molecule has 8 heteroatoms. The molecule has 0 aromatic heterocycles. The summed E-state index contributed by atoms with van der Waals surface area (Å²) in [6, 6.07) is 0.480. The highest BCUT2D eigenvalue weighted by Gasteiger charge is 2.27. The lowest BCUT2D eigenvalue weighted by atomic mass is 9.80. The molecule has 0 unspecified atom stereocenters. The number of hydrogen-bond acceptors (Lipinski definition) is 3. The van der Waals surface area contributed by atoms with E-state index in [1.165, 1.54) is 25.7 Å². The smallest absolute Gasteiger partial charge is 0.214 e. The Morgan fingerprint density at radius 3 is 2.44 bits per heavy atom. The molecule has 6 nitrogen and oxygen atoms in total. The molecular formula is C17H35IN4O2S. The zero-order valence-corrected chi connectivity index (χ0v) is 19.0. The van der Waals surface area contributed by atoms with Crippen LogP contribution in [0.3, 0.4) is 0 Å². The Morgan fingerprint density at radius 1 is 1.24 bits per heavy atom. The van der Waals surface area contributed by atoms with Crippen LogP contribution in [-0.2, 0) is 10.0 Å². The van der Waals surface area contributed by atoms with Crippen molar-refractivity contribution in [2.24, 2.45) is 16.8 Å². The molecule has 1 heterocycles. The van der Waals surface area contributed by atoms with Crippen molar-refractivity contribution in [2.45, 2.75) is 58.9 Å². The van der Waals surface area contributed by atoms with Crippen molar-refractivity contribution >= 4 is 40.0 Å². The van der Waals surface area contributed by atoms with Crippen molar-refractivity contribution in [3.8, 4) is 0 Å². The maximum absolute atomic E-state index is 11.8. The van der Waals surface area contributed by atoms with E-state index in [9.17, 15) is 8.42 Å². The summed E-state index contributed by atoms with van der Waals surface area (Å²) in [5.41, 5.74) is 0. The van der Waals surface area contributed by atoms with Crippen LogP contribution in [0.1, 0.15) is 52.9 Å². The molecule has 2 aliphatic rings. The highest BCUT2D eigenvalue weighted by molar-refractivity contribution is 14.0. The minimum atomic E-state index is -3.02. The fraction of sp³-hybridized carbons (Fsp3) is 0.941. The highest BCUT2D eigenvalue weighted by Crippen LogP contribution is 2.29. The number of nitrogens with one attached hydrogen (secondary N) is 2. The average molecular weight is 486 g/mol. The van der Waals surface area contributed by atoms with Crippen LogP contribution in [0.25, 0.3) is 0 Å². The van der Waals surface area contributed by atoms with Gasteiger partial charge in [-0.25, -0.2) is 12.7 Å². The molecule has 0 bridgehead atoms. The van der Waals surface area contributed by atoms with E-state index in [0.717, 1.165) is 30.8 Å². The standard InChI is InChI=1S/C17H34N4O2S.HI/c1-4-18-17(19-10-12-21-11-5-13-24(21,22)23)20-16-8-6-15(7-9-16)14(2)3;/h14-16H,4-13H2,1-3H3,(H2,18,19,20);1H. The van der Waals surface area contributed by atoms with Gasteiger partial charge in [0.1, 0.15) is 0 Å². The van der Waals surface area contributed by atoms with Crippen LogP contribution >= 0.6 is 24.0 Å². The van der Waals surface area contributed by atoms with E-state index < -0.39 is 10.0 Å². The van der Waals surface area contributed by atoms with Gasteiger partial charge >= 0.3 is 0 Å². The van der Waals surface area contributed by atoms with Gasteiger partial charge in [-0.3, -0.25) is 4.99 Å². The molecule has 1 saturated carbocycles. The number of guanidine groups is 1. The van der Waals surface area contributed by atoms with Crippen LogP contribution in [0.5, 0.6) is 0 Å². The van der Waals surface area contributed by atoms with Gasteiger partial charge in [0.05, 0.1) is 12.3 Å². The van der Waals surface area contributed by atoms with Crippen molar-refractivity contribution in [3.63, 3.8) is 0 Å². The van der Waals surface area contributed by atoms with Crippen LogP contribution in [-0.4, -0.2) is 56.7 Å². The summed E-state index contributed by atoms with van der Waals surface area (Å²) in [7, 11) is -3.02. The number of nitrogens with zero attached hydrogens (tertiary/aromatic N) is 2. The van der Waals surface area contributed by atoms with E-state index in [4.69, 9.17) is 0 Å². The third-order valence-corrected chi connectivity index (χ3v) is 7.18. The summed E-state index contributed by atoms with van der Waals surface area (Å²) in [5.74, 6) is 2.73. The van der Waals surface area contributed by atoms with Gasteiger partial charge < -0.3 is 10.6 Å². The second-order valence-corrected chi connectivity index (χ2v) is 9.42. The summed E-state index contributed by atoms with van der Waals surface area (Å²) >= 11 is 0. The average Bonchev–Trinajstić information content (AvgIpc) is 2.87. The first-order valence-electron chi connectivity index (χ1n) is 9.45. The van der Waals surface area contributed by atoms with Crippen molar-refractivity contribution in [3.05, 3.63) is 0 Å². The van der Waals surface area contributed by atoms with E-state index >= 15 is 0 Å². The predicted molar refractivity (Wildman–Crippen MR) is 115 cm³/mol. The summed E-state index contributed by atoms with van der Waals surface area (Å²) < 4.78 is 25.2. The fourth-order valence-corrected chi connectivity index (χ4v) is 5.18. The van der Waals surface area contributed by atoms with Gasteiger partial charge in [-0.1, -0.05) is 13.8 Å². The number of rotatable bonds is 6. The summed E-state index contributed by atoms with van der Waals surface area (Å²) in [4.78, 5) is 4.58. The highest BCUT2D eigenvalue weighted by atomic mass is 127. The quantitative estimate of drug-likeness (QED) is 0.344. The first-order chi connectivity index (χ1) is 11.4. The van der Waals surface area contributed by atoms with Crippen LogP contribution in [0.15, 0.2) is 4.99 Å². The molecule has 0 spiro atoms. The lowest BCUT2D eigenvalue weighted by molar-refractivity contribution is 0.250. The number of sulfonamides is 1. The Morgan fingerprint density at radius 2 is 1.92 bits per heavy atom. The number of aliphatic imine (C=N–C) groups is 1. The van der Waals surface area contributed by atoms with Gasteiger partial charge in [-0.05, 0) is 50.9 Å². The molecule has 1 aliphatic heterocycles. The lowest BCUT2D eigenvalue weighted by Gasteiger charge is -2.32. The molecule has 0 aromatic rings.